The number of nitrogens with one attached hydrogen (secondary N) is 1. The summed E-state index contributed by atoms with van der Waals surface area (Å²) in [6, 6.07) is 5.12. The maximum absolute atomic E-state index is 12.0. The number of ether oxygens (including phenoxy) is 2. The number of amides is 1. The number of allylic oxidation sites excluding steroid dienone is 1. The molecule has 1 aliphatic rings. The molecule has 1 aliphatic carbocycles. The van der Waals surface area contributed by atoms with Crippen molar-refractivity contribution in [3.05, 3.63) is 40.4 Å². The molecule has 0 aromatic heterocycles. The summed E-state index contributed by atoms with van der Waals surface area (Å²) >= 11 is 5.94. The molecule has 0 radical (unpaired) electrons. The molecule has 0 unspecified atom stereocenters. The molecular formula is C20H26ClNO4. The predicted octanol–water partition coefficient (Wildman–Crippen LogP) is 3.97. The molecule has 5 nitrogen and oxygen atoms in total. The van der Waals surface area contributed by atoms with E-state index in [1.165, 1.54) is 18.4 Å². The van der Waals surface area contributed by atoms with Crippen LogP contribution < -0.4 is 10.1 Å². The third-order valence-corrected chi connectivity index (χ3v) is 4.72. The van der Waals surface area contributed by atoms with Crippen molar-refractivity contribution in [2.45, 2.75) is 52.1 Å². The third kappa shape index (κ3) is 6.71. The van der Waals surface area contributed by atoms with Crippen molar-refractivity contribution >= 4 is 23.5 Å². The lowest BCUT2D eigenvalue weighted by atomic mass is 9.97. The second-order valence-corrected chi connectivity index (χ2v) is 6.89. The first-order valence-corrected chi connectivity index (χ1v) is 9.37. The van der Waals surface area contributed by atoms with E-state index in [9.17, 15) is 9.59 Å². The highest BCUT2D eigenvalue weighted by atomic mass is 35.5. The zero-order valence-corrected chi connectivity index (χ0v) is 16.1. The number of halogens is 1. The van der Waals surface area contributed by atoms with E-state index in [1.54, 1.807) is 25.1 Å². The van der Waals surface area contributed by atoms with E-state index >= 15 is 0 Å². The molecule has 0 saturated carbocycles. The maximum Gasteiger partial charge on any atom is 0.344 e. The van der Waals surface area contributed by atoms with E-state index in [0.717, 1.165) is 24.8 Å². The smallest absolute Gasteiger partial charge is 0.344 e. The van der Waals surface area contributed by atoms with Gasteiger partial charge in [0.15, 0.2) is 12.7 Å². The highest BCUT2D eigenvalue weighted by Gasteiger charge is 2.18. The van der Waals surface area contributed by atoms with Gasteiger partial charge in [0.25, 0.3) is 5.91 Å². The van der Waals surface area contributed by atoms with Crippen molar-refractivity contribution in [3.63, 3.8) is 0 Å². The molecule has 142 valence electrons. The Labute approximate surface area is 159 Å². The van der Waals surface area contributed by atoms with Crippen LogP contribution in [-0.4, -0.2) is 31.1 Å². The van der Waals surface area contributed by atoms with Crippen molar-refractivity contribution in [2.75, 3.05) is 13.2 Å². The van der Waals surface area contributed by atoms with Gasteiger partial charge in [-0.1, -0.05) is 23.3 Å². The Bertz CT molecular complexity index is 672. The topological polar surface area (TPSA) is 64.6 Å². The van der Waals surface area contributed by atoms with Gasteiger partial charge in [-0.2, -0.15) is 0 Å². The molecular weight excluding hydrogens is 354 g/mol. The van der Waals surface area contributed by atoms with Crippen LogP contribution in [-0.2, 0) is 14.3 Å². The molecule has 0 heterocycles. The number of aryl methyl sites for hydroxylation is 1. The molecule has 1 aromatic rings. The highest BCUT2D eigenvalue weighted by Crippen LogP contribution is 2.21. The summed E-state index contributed by atoms with van der Waals surface area (Å²) in [4.78, 5) is 23.9. The fourth-order valence-corrected chi connectivity index (χ4v) is 2.87. The predicted molar refractivity (Wildman–Crippen MR) is 101 cm³/mol. The molecule has 0 saturated heterocycles. The fraction of sp³-hybridized carbons (Fsp3) is 0.500. The Morgan fingerprint density at radius 3 is 2.81 bits per heavy atom. The molecule has 6 heteroatoms. The number of hydrogen-bond acceptors (Lipinski definition) is 4. The van der Waals surface area contributed by atoms with Crippen LogP contribution in [0.25, 0.3) is 0 Å². The number of carbonyl (C=O) groups excluding carboxylic acids is 2. The Kier molecular flexibility index (Phi) is 7.98. The number of rotatable bonds is 8. The standard InChI is InChI=1S/C20H26ClNO4/c1-14-12-17(8-9-18(14)21)25-13-19(23)26-15(2)20(24)22-11-10-16-6-4-3-5-7-16/h6,8-9,12,15H,3-5,7,10-11,13H2,1-2H3,(H,22,24)/t15-/m0/s1. The van der Waals surface area contributed by atoms with Crippen molar-refractivity contribution in [1.82, 2.24) is 5.32 Å². The quantitative estimate of drug-likeness (QED) is 0.548. The summed E-state index contributed by atoms with van der Waals surface area (Å²) in [6.07, 6.45) is 6.98. The molecule has 0 bridgehead atoms. The number of esters is 1. The van der Waals surface area contributed by atoms with Crippen LogP contribution in [0.3, 0.4) is 0 Å². The fourth-order valence-electron chi connectivity index (χ4n) is 2.76. The summed E-state index contributed by atoms with van der Waals surface area (Å²) in [7, 11) is 0. The van der Waals surface area contributed by atoms with Gasteiger partial charge in [0.2, 0.25) is 0 Å². The largest absolute Gasteiger partial charge is 0.482 e. The monoisotopic (exact) mass is 379 g/mol. The Balaban J connectivity index is 1.67. The van der Waals surface area contributed by atoms with Gasteiger partial charge in [-0.15, -0.1) is 0 Å². The Morgan fingerprint density at radius 1 is 1.31 bits per heavy atom. The SMILES string of the molecule is Cc1cc(OCC(=O)O[C@@H](C)C(=O)NCCC2=CCCCC2)ccc1Cl. The van der Waals surface area contributed by atoms with Crippen LogP contribution in [0.2, 0.25) is 5.02 Å². The molecule has 1 atom stereocenters. The molecule has 0 aliphatic heterocycles. The van der Waals surface area contributed by atoms with Gasteiger partial charge >= 0.3 is 5.97 Å². The first-order valence-electron chi connectivity index (χ1n) is 9.00. The number of benzene rings is 1. The van der Waals surface area contributed by atoms with Gasteiger partial charge in [-0.25, -0.2) is 4.79 Å². The second kappa shape index (κ2) is 10.2. The number of hydrogen-bond donors (Lipinski definition) is 1. The minimum absolute atomic E-state index is 0.258. The lowest BCUT2D eigenvalue weighted by molar-refractivity contribution is -0.156. The van der Waals surface area contributed by atoms with E-state index in [0.29, 0.717) is 17.3 Å². The van der Waals surface area contributed by atoms with E-state index < -0.39 is 12.1 Å². The Morgan fingerprint density at radius 2 is 2.12 bits per heavy atom. The lowest BCUT2D eigenvalue weighted by Gasteiger charge is -2.16. The Hall–Kier alpha value is -2.01. The summed E-state index contributed by atoms with van der Waals surface area (Å²) in [5, 5.41) is 3.44. The van der Waals surface area contributed by atoms with Crippen LogP contribution in [0.1, 0.15) is 44.6 Å². The van der Waals surface area contributed by atoms with E-state index in [-0.39, 0.29) is 12.5 Å². The van der Waals surface area contributed by atoms with Gasteiger partial charge in [0.05, 0.1) is 0 Å². The van der Waals surface area contributed by atoms with Gasteiger partial charge in [0.1, 0.15) is 5.75 Å². The second-order valence-electron chi connectivity index (χ2n) is 6.48. The summed E-state index contributed by atoms with van der Waals surface area (Å²) in [5.74, 6) is -0.353. The summed E-state index contributed by atoms with van der Waals surface area (Å²) in [5.41, 5.74) is 2.26. The van der Waals surface area contributed by atoms with E-state index in [1.807, 2.05) is 6.92 Å². The maximum atomic E-state index is 12.0. The van der Waals surface area contributed by atoms with Gasteiger partial charge < -0.3 is 14.8 Å². The third-order valence-electron chi connectivity index (χ3n) is 4.29. The molecule has 2 rings (SSSR count). The zero-order chi connectivity index (χ0) is 18.9. The first-order chi connectivity index (χ1) is 12.5. The van der Waals surface area contributed by atoms with E-state index in [4.69, 9.17) is 21.1 Å². The normalized spacial score (nSPS) is 15.0. The lowest BCUT2D eigenvalue weighted by Crippen LogP contribution is -2.37. The molecule has 0 spiro atoms. The van der Waals surface area contributed by atoms with Crippen molar-refractivity contribution in [1.29, 1.82) is 0 Å². The van der Waals surface area contributed by atoms with Gasteiger partial charge in [-0.05, 0) is 69.7 Å². The van der Waals surface area contributed by atoms with Crippen LogP contribution in [0.5, 0.6) is 5.75 Å². The minimum atomic E-state index is -0.849. The minimum Gasteiger partial charge on any atom is -0.482 e. The summed E-state index contributed by atoms with van der Waals surface area (Å²) < 4.78 is 10.5. The molecule has 26 heavy (non-hydrogen) atoms. The van der Waals surface area contributed by atoms with Gasteiger partial charge in [-0.3, -0.25) is 4.79 Å². The molecule has 0 fully saturated rings. The van der Waals surface area contributed by atoms with Crippen LogP contribution >= 0.6 is 11.6 Å². The van der Waals surface area contributed by atoms with Crippen LogP contribution in [0.15, 0.2) is 29.8 Å². The van der Waals surface area contributed by atoms with Crippen molar-refractivity contribution < 1.29 is 19.1 Å². The molecule has 1 aromatic carbocycles. The zero-order valence-electron chi connectivity index (χ0n) is 15.3. The summed E-state index contributed by atoms with van der Waals surface area (Å²) in [6.45, 7) is 3.71. The van der Waals surface area contributed by atoms with Crippen LogP contribution in [0.4, 0.5) is 0 Å². The average Bonchev–Trinajstić information content (AvgIpc) is 2.63. The van der Waals surface area contributed by atoms with Gasteiger partial charge in [0, 0.05) is 11.6 Å². The van der Waals surface area contributed by atoms with Crippen LogP contribution in [0, 0.1) is 6.92 Å². The highest BCUT2D eigenvalue weighted by molar-refractivity contribution is 6.31. The van der Waals surface area contributed by atoms with Crippen molar-refractivity contribution in [2.24, 2.45) is 0 Å². The average molecular weight is 380 g/mol. The number of carbonyl (C=O) groups is 2. The van der Waals surface area contributed by atoms with E-state index in [2.05, 4.69) is 11.4 Å². The molecule has 1 amide bonds. The van der Waals surface area contributed by atoms with Crippen molar-refractivity contribution in [3.8, 4) is 5.75 Å². The first kappa shape index (κ1) is 20.3. The molecule has 1 N–H and O–H groups in total.